The second-order valence-corrected chi connectivity index (χ2v) is 10.6. The van der Waals surface area contributed by atoms with E-state index in [1.54, 1.807) is 30.3 Å². The van der Waals surface area contributed by atoms with Gasteiger partial charge < -0.3 is 25.0 Å². The Morgan fingerprint density at radius 3 is 2.79 bits per heavy atom. The number of hydrogen-bond donors (Lipinski definition) is 3. The Bertz CT molecular complexity index is 1410. The molecule has 1 saturated heterocycles. The van der Waals surface area contributed by atoms with E-state index >= 15 is 0 Å². The molecular weight excluding hydrogens is 565 g/mol. The number of benzene rings is 2. The number of aliphatic hydroxyl groups is 1. The number of nitrogens with zero attached hydrogens (tertiary/aromatic N) is 3. The van der Waals surface area contributed by atoms with E-state index in [9.17, 15) is 23.9 Å². The number of pyridine rings is 1. The SMILES string of the molecule is CN(C(=O)CCc1cccc(F)c1Cl)[C@@H](CCC(=O)N1CCN[C@H](CO)C1)COC(=O)Nc1cc2ccccc2cn1. The van der Waals surface area contributed by atoms with Gasteiger partial charge in [0.15, 0.2) is 0 Å². The first-order chi connectivity index (χ1) is 20.2. The first-order valence-corrected chi connectivity index (χ1v) is 14.2. The van der Waals surface area contributed by atoms with Crippen LogP contribution >= 0.6 is 11.6 Å². The number of aromatic nitrogens is 1. The summed E-state index contributed by atoms with van der Waals surface area (Å²) >= 11 is 6.05. The van der Waals surface area contributed by atoms with E-state index in [1.807, 2.05) is 24.3 Å². The molecule has 0 spiro atoms. The van der Waals surface area contributed by atoms with Gasteiger partial charge in [-0.1, -0.05) is 48.0 Å². The molecule has 1 aliphatic heterocycles. The summed E-state index contributed by atoms with van der Waals surface area (Å²) in [5.41, 5.74) is 0.515. The number of carbonyl (C=O) groups excluding carboxylic acids is 3. The summed E-state index contributed by atoms with van der Waals surface area (Å²) in [7, 11) is 1.59. The first kappa shape index (κ1) is 31.1. The van der Waals surface area contributed by atoms with E-state index in [4.69, 9.17) is 16.3 Å². The van der Waals surface area contributed by atoms with Gasteiger partial charge in [-0.2, -0.15) is 0 Å². The van der Waals surface area contributed by atoms with Crippen LogP contribution in [0.3, 0.4) is 0 Å². The summed E-state index contributed by atoms with van der Waals surface area (Å²) in [5.74, 6) is -0.616. The maximum absolute atomic E-state index is 13.8. The molecule has 1 aliphatic rings. The predicted molar refractivity (Wildman–Crippen MR) is 158 cm³/mol. The zero-order chi connectivity index (χ0) is 30.1. The monoisotopic (exact) mass is 599 g/mol. The molecule has 3 N–H and O–H groups in total. The van der Waals surface area contributed by atoms with Crippen LogP contribution in [0.2, 0.25) is 5.02 Å². The topological polar surface area (TPSA) is 124 Å². The number of fused-ring (bicyclic) bond motifs is 1. The molecule has 3 amide bonds. The zero-order valence-electron chi connectivity index (χ0n) is 23.4. The van der Waals surface area contributed by atoms with E-state index in [1.165, 1.54) is 17.0 Å². The second kappa shape index (κ2) is 14.9. The van der Waals surface area contributed by atoms with Gasteiger partial charge in [0.25, 0.3) is 0 Å². The lowest BCUT2D eigenvalue weighted by Crippen LogP contribution is -2.54. The van der Waals surface area contributed by atoms with Gasteiger partial charge >= 0.3 is 6.09 Å². The largest absolute Gasteiger partial charge is 0.447 e. The number of halogens is 2. The van der Waals surface area contributed by atoms with Crippen LogP contribution in [0.4, 0.5) is 15.0 Å². The summed E-state index contributed by atoms with van der Waals surface area (Å²) in [6, 6.07) is 13.0. The van der Waals surface area contributed by atoms with E-state index in [0.717, 1.165) is 10.8 Å². The average molecular weight is 600 g/mol. The molecule has 1 aromatic heterocycles. The smallest absolute Gasteiger partial charge is 0.412 e. The summed E-state index contributed by atoms with van der Waals surface area (Å²) in [4.78, 5) is 46.1. The number of carbonyl (C=O) groups is 3. The molecule has 224 valence electrons. The normalized spacial score (nSPS) is 15.7. The minimum absolute atomic E-state index is 0.0189. The number of anilines is 1. The number of rotatable bonds is 11. The number of piperazine rings is 1. The van der Waals surface area contributed by atoms with Gasteiger partial charge in [-0.05, 0) is 35.9 Å². The van der Waals surface area contributed by atoms with Crippen LogP contribution in [-0.2, 0) is 20.7 Å². The van der Waals surface area contributed by atoms with Gasteiger partial charge in [-0.15, -0.1) is 0 Å². The van der Waals surface area contributed by atoms with Gasteiger partial charge in [0.05, 0.1) is 17.7 Å². The number of likely N-dealkylation sites (N-methyl/N-ethyl adjacent to an activating group) is 1. The molecule has 4 rings (SSSR count). The van der Waals surface area contributed by atoms with Crippen LogP contribution < -0.4 is 10.6 Å². The fourth-order valence-electron chi connectivity index (χ4n) is 4.84. The van der Waals surface area contributed by atoms with Crippen LogP contribution in [0.15, 0.2) is 54.7 Å². The molecule has 2 heterocycles. The van der Waals surface area contributed by atoms with Gasteiger partial charge in [-0.3, -0.25) is 14.9 Å². The summed E-state index contributed by atoms with van der Waals surface area (Å²) in [6.45, 7) is 1.25. The minimum Gasteiger partial charge on any atom is -0.447 e. The molecule has 0 aliphatic carbocycles. The Balaban J connectivity index is 1.38. The molecule has 2 aromatic carbocycles. The summed E-state index contributed by atoms with van der Waals surface area (Å²) in [6.07, 6.45) is 1.55. The molecule has 2 atom stereocenters. The summed E-state index contributed by atoms with van der Waals surface area (Å²) < 4.78 is 19.3. The lowest BCUT2D eigenvalue weighted by Gasteiger charge is -2.34. The van der Waals surface area contributed by atoms with Gasteiger partial charge in [0, 0.05) is 57.1 Å². The van der Waals surface area contributed by atoms with E-state index in [-0.39, 0.29) is 61.8 Å². The third-order valence-electron chi connectivity index (χ3n) is 7.37. The van der Waals surface area contributed by atoms with Crippen LogP contribution in [0.25, 0.3) is 10.8 Å². The number of ether oxygens (including phenoxy) is 1. The van der Waals surface area contributed by atoms with Crippen molar-refractivity contribution in [2.45, 2.75) is 37.8 Å². The van der Waals surface area contributed by atoms with Crippen molar-refractivity contribution < 1.29 is 28.6 Å². The molecule has 3 aromatic rings. The molecule has 1 fully saturated rings. The number of hydrogen-bond acceptors (Lipinski definition) is 7. The Morgan fingerprint density at radius 1 is 1.21 bits per heavy atom. The number of nitrogens with one attached hydrogen (secondary N) is 2. The van der Waals surface area contributed by atoms with Crippen molar-refractivity contribution in [1.29, 1.82) is 0 Å². The van der Waals surface area contributed by atoms with E-state index in [0.29, 0.717) is 31.0 Å². The number of amides is 3. The van der Waals surface area contributed by atoms with Crippen molar-refractivity contribution in [1.82, 2.24) is 20.1 Å². The highest BCUT2D eigenvalue weighted by Crippen LogP contribution is 2.22. The van der Waals surface area contributed by atoms with Crippen molar-refractivity contribution in [2.24, 2.45) is 0 Å². The Morgan fingerprint density at radius 2 is 2.00 bits per heavy atom. The maximum atomic E-state index is 13.8. The summed E-state index contributed by atoms with van der Waals surface area (Å²) in [5, 5.41) is 17.0. The standard InChI is InChI=1S/C30H35ClFN5O5/c1-36(27(39)11-9-20-7-4-8-25(32)29(20)31)24(10-12-28(40)37-14-13-33-23(17-37)18-38)19-42-30(41)35-26-15-21-5-2-3-6-22(21)16-34-26/h2-8,15-16,23-24,33,38H,9-14,17-19H2,1H3,(H,34,35,41)/t23-,24-/m0/s1. The van der Waals surface area contributed by atoms with Crippen molar-refractivity contribution in [3.63, 3.8) is 0 Å². The quantitative estimate of drug-likeness (QED) is 0.308. The van der Waals surface area contributed by atoms with Gasteiger partial charge in [0.2, 0.25) is 11.8 Å². The van der Waals surface area contributed by atoms with Crippen LogP contribution in [0.1, 0.15) is 24.8 Å². The highest BCUT2D eigenvalue weighted by molar-refractivity contribution is 6.31. The average Bonchev–Trinajstić information content (AvgIpc) is 3.01. The lowest BCUT2D eigenvalue weighted by atomic mass is 10.1. The minimum atomic E-state index is -0.741. The molecule has 12 heteroatoms. The Hall–Kier alpha value is -3.80. The second-order valence-electron chi connectivity index (χ2n) is 10.2. The first-order valence-electron chi connectivity index (χ1n) is 13.8. The van der Waals surface area contributed by atoms with Gasteiger partial charge in [0.1, 0.15) is 18.2 Å². The van der Waals surface area contributed by atoms with Crippen LogP contribution in [-0.4, -0.2) is 89.8 Å². The Labute approximate surface area is 248 Å². The fraction of sp³-hybridized carbons (Fsp3) is 0.400. The molecule has 0 unspecified atom stereocenters. The lowest BCUT2D eigenvalue weighted by molar-refractivity contribution is -0.136. The molecule has 0 radical (unpaired) electrons. The van der Waals surface area contributed by atoms with Crippen molar-refractivity contribution in [3.8, 4) is 0 Å². The van der Waals surface area contributed by atoms with Gasteiger partial charge in [-0.25, -0.2) is 14.2 Å². The van der Waals surface area contributed by atoms with E-state index in [2.05, 4.69) is 15.6 Å². The molecule has 42 heavy (non-hydrogen) atoms. The van der Waals surface area contributed by atoms with Crippen molar-refractivity contribution in [2.75, 3.05) is 45.2 Å². The zero-order valence-corrected chi connectivity index (χ0v) is 24.1. The number of aryl methyl sites for hydroxylation is 1. The van der Waals surface area contributed by atoms with Crippen molar-refractivity contribution in [3.05, 3.63) is 71.1 Å². The molecule has 0 bridgehead atoms. The maximum Gasteiger partial charge on any atom is 0.412 e. The Kier molecular flexibility index (Phi) is 11.0. The molecular formula is C30H35ClFN5O5. The molecule has 10 nitrogen and oxygen atoms in total. The fourth-order valence-corrected chi connectivity index (χ4v) is 5.06. The highest BCUT2D eigenvalue weighted by Gasteiger charge is 2.26. The highest BCUT2D eigenvalue weighted by atomic mass is 35.5. The van der Waals surface area contributed by atoms with Crippen LogP contribution in [0, 0.1) is 5.82 Å². The van der Waals surface area contributed by atoms with Crippen LogP contribution in [0.5, 0.6) is 0 Å². The predicted octanol–water partition coefficient (Wildman–Crippen LogP) is 3.61. The van der Waals surface area contributed by atoms with E-state index < -0.39 is 18.0 Å². The number of aliphatic hydroxyl groups excluding tert-OH is 1. The third kappa shape index (κ3) is 8.37. The van der Waals surface area contributed by atoms with Crippen molar-refractivity contribution >= 4 is 46.1 Å². The molecule has 0 saturated carbocycles. The third-order valence-corrected chi connectivity index (χ3v) is 7.79.